The van der Waals surface area contributed by atoms with Crippen molar-refractivity contribution in [2.45, 2.75) is 55.6 Å². The second-order valence-electron chi connectivity index (χ2n) is 7.54. The molecule has 1 aliphatic carbocycles. The molecule has 1 aliphatic heterocycles. The maximum absolute atomic E-state index is 12.8. The molecule has 1 saturated carbocycles. The van der Waals surface area contributed by atoms with Crippen molar-refractivity contribution in [2.24, 2.45) is 0 Å². The first-order valence-electron chi connectivity index (χ1n) is 10.2. The third-order valence-corrected chi connectivity index (χ3v) is 6.83. The molecular formula is C20H29N3O5S. The Balaban J connectivity index is 1.57. The van der Waals surface area contributed by atoms with E-state index >= 15 is 0 Å². The van der Waals surface area contributed by atoms with Crippen LogP contribution in [0.25, 0.3) is 0 Å². The highest BCUT2D eigenvalue weighted by molar-refractivity contribution is 7.89. The Morgan fingerprint density at radius 3 is 2.45 bits per heavy atom. The molecule has 2 aliphatic rings. The van der Waals surface area contributed by atoms with Crippen LogP contribution >= 0.6 is 0 Å². The summed E-state index contributed by atoms with van der Waals surface area (Å²) in [5.74, 6) is -0.629. The normalized spacial score (nSPS) is 19.9. The highest BCUT2D eigenvalue weighted by atomic mass is 32.2. The average Bonchev–Trinajstić information content (AvgIpc) is 3.43. The number of nitrogens with zero attached hydrogens (tertiary/aromatic N) is 1. The molecule has 3 rings (SSSR count). The number of carbonyl (C=O) groups excluding carboxylic acids is 2. The van der Waals surface area contributed by atoms with Crippen molar-refractivity contribution in [3.63, 3.8) is 0 Å². The maximum atomic E-state index is 12.8. The molecule has 29 heavy (non-hydrogen) atoms. The lowest BCUT2D eigenvalue weighted by molar-refractivity contribution is -0.137. The number of hydrogen-bond donors (Lipinski definition) is 2. The highest BCUT2D eigenvalue weighted by Crippen LogP contribution is 2.23. The van der Waals surface area contributed by atoms with Gasteiger partial charge in [-0.15, -0.1) is 0 Å². The van der Waals surface area contributed by atoms with Crippen molar-refractivity contribution in [1.82, 2.24) is 14.9 Å². The molecule has 2 fully saturated rings. The first-order chi connectivity index (χ1) is 14.0. The molecule has 0 spiro atoms. The third-order valence-electron chi connectivity index (χ3n) is 5.42. The van der Waals surface area contributed by atoms with Gasteiger partial charge in [-0.2, -0.15) is 0 Å². The second kappa shape index (κ2) is 10.2. The van der Waals surface area contributed by atoms with E-state index in [1.54, 1.807) is 18.2 Å². The Bertz CT molecular complexity index is 788. The highest BCUT2D eigenvalue weighted by Gasteiger charge is 2.29. The van der Waals surface area contributed by atoms with E-state index in [1.807, 2.05) is 0 Å². The summed E-state index contributed by atoms with van der Waals surface area (Å²) >= 11 is 0. The van der Waals surface area contributed by atoms with Gasteiger partial charge in [-0.25, -0.2) is 13.1 Å². The van der Waals surface area contributed by atoms with Crippen LogP contribution in [0.3, 0.4) is 0 Å². The van der Waals surface area contributed by atoms with Crippen LogP contribution in [0, 0.1) is 0 Å². The van der Waals surface area contributed by atoms with Gasteiger partial charge in [0.05, 0.1) is 24.1 Å². The molecule has 2 N–H and O–H groups in total. The third kappa shape index (κ3) is 6.25. The lowest BCUT2D eigenvalue weighted by Crippen LogP contribution is -2.49. The number of hydrogen-bond acceptors (Lipinski definition) is 5. The van der Waals surface area contributed by atoms with Crippen LogP contribution in [-0.4, -0.2) is 63.5 Å². The fraction of sp³-hybridized carbons (Fsp3) is 0.600. The Morgan fingerprint density at radius 2 is 1.79 bits per heavy atom. The number of sulfonamides is 1. The zero-order valence-electron chi connectivity index (χ0n) is 16.5. The molecule has 1 atom stereocenters. The standard InChI is InChI=1S/C20H29N3O5S/c24-19(21-13-17-9-6-12-28-17)15-23(16-7-4-5-8-16)20(25)14-22-29(26,27)18-10-2-1-3-11-18/h1-3,10-11,16-17,22H,4-9,12-15H2,(H,21,24)/t17-/m0/s1. The number of carbonyl (C=O) groups is 2. The lowest BCUT2D eigenvalue weighted by atomic mass is 10.2. The van der Waals surface area contributed by atoms with Crippen LogP contribution in [-0.2, 0) is 24.3 Å². The molecule has 0 radical (unpaired) electrons. The van der Waals surface area contributed by atoms with Crippen LogP contribution in [0.1, 0.15) is 38.5 Å². The molecule has 1 heterocycles. The van der Waals surface area contributed by atoms with E-state index in [0.717, 1.165) is 45.1 Å². The summed E-state index contributed by atoms with van der Waals surface area (Å²) in [7, 11) is -3.78. The summed E-state index contributed by atoms with van der Waals surface area (Å²) in [6, 6.07) is 7.89. The Labute approximate surface area is 172 Å². The number of benzene rings is 1. The van der Waals surface area contributed by atoms with E-state index in [0.29, 0.717) is 6.54 Å². The van der Waals surface area contributed by atoms with Gasteiger partial charge in [-0.1, -0.05) is 31.0 Å². The number of amides is 2. The van der Waals surface area contributed by atoms with Gasteiger partial charge in [0.25, 0.3) is 0 Å². The SMILES string of the molecule is O=C(CN(C(=O)CNS(=O)(=O)c1ccccc1)C1CCCC1)NC[C@@H]1CCCO1. The lowest BCUT2D eigenvalue weighted by Gasteiger charge is -2.28. The Kier molecular flexibility index (Phi) is 7.63. The summed E-state index contributed by atoms with van der Waals surface area (Å²) in [5, 5.41) is 2.84. The van der Waals surface area contributed by atoms with Gasteiger partial charge in [0.2, 0.25) is 21.8 Å². The second-order valence-corrected chi connectivity index (χ2v) is 9.30. The molecule has 0 bridgehead atoms. The molecule has 0 aromatic heterocycles. The largest absolute Gasteiger partial charge is 0.376 e. The van der Waals surface area contributed by atoms with Gasteiger partial charge in [0, 0.05) is 19.2 Å². The minimum Gasteiger partial charge on any atom is -0.376 e. The van der Waals surface area contributed by atoms with Crippen molar-refractivity contribution >= 4 is 21.8 Å². The molecule has 160 valence electrons. The number of nitrogens with one attached hydrogen (secondary N) is 2. The molecule has 1 aromatic rings. The fourth-order valence-electron chi connectivity index (χ4n) is 3.82. The van der Waals surface area contributed by atoms with Gasteiger partial charge in [-0.05, 0) is 37.8 Å². The maximum Gasteiger partial charge on any atom is 0.241 e. The summed E-state index contributed by atoms with van der Waals surface area (Å²) in [6.45, 7) is 0.719. The van der Waals surface area contributed by atoms with Gasteiger partial charge in [0.1, 0.15) is 0 Å². The van der Waals surface area contributed by atoms with Crippen molar-refractivity contribution in [3.8, 4) is 0 Å². The van der Waals surface area contributed by atoms with E-state index in [9.17, 15) is 18.0 Å². The zero-order valence-corrected chi connectivity index (χ0v) is 17.3. The average molecular weight is 424 g/mol. The van der Waals surface area contributed by atoms with E-state index in [-0.39, 0.29) is 41.9 Å². The summed E-state index contributed by atoms with van der Waals surface area (Å²) in [5.41, 5.74) is 0. The molecular weight excluding hydrogens is 394 g/mol. The van der Waals surface area contributed by atoms with E-state index in [4.69, 9.17) is 4.74 Å². The molecule has 8 nitrogen and oxygen atoms in total. The summed E-state index contributed by atoms with van der Waals surface area (Å²) < 4.78 is 32.6. The van der Waals surface area contributed by atoms with Crippen molar-refractivity contribution < 1.29 is 22.7 Å². The molecule has 0 unspecified atom stereocenters. The monoisotopic (exact) mass is 423 g/mol. The fourth-order valence-corrected chi connectivity index (χ4v) is 4.82. The zero-order chi connectivity index (χ0) is 20.7. The van der Waals surface area contributed by atoms with Crippen LogP contribution < -0.4 is 10.0 Å². The van der Waals surface area contributed by atoms with Crippen LogP contribution in [0.5, 0.6) is 0 Å². The van der Waals surface area contributed by atoms with Crippen molar-refractivity contribution in [1.29, 1.82) is 0 Å². The van der Waals surface area contributed by atoms with Gasteiger partial charge >= 0.3 is 0 Å². The Hall–Kier alpha value is -1.97. The first kappa shape index (κ1) is 21.7. The molecule has 2 amide bonds. The summed E-state index contributed by atoms with van der Waals surface area (Å²) in [4.78, 5) is 26.8. The van der Waals surface area contributed by atoms with E-state index < -0.39 is 10.0 Å². The van der Waals surface area contributed by atoms with Gasteiger partial charge in [-0.3, -0.25) is 9.59 Å². The molecule has 9 heteroatoms. The topological polar surface area (TPSA) is 105 Å². The van der Waals surface area contributed by atoms with E-state index in [1.165, 1.54) is 17.0 Å². The van der Waals surface area contributed by atoms with Crippen molar-refractivity contribution in [3.05, 3.63) is 30.3 Å². The smallest absolute Gasteiger partial charge is 0.241 e. The van der Waals surface area contributed by atoms with Gasteiger partial charge in [0.15, 0.2) is 0 Å². The Morgan fingerprint density at radius 1 is 1.07 bits per heavy atom. The number of ether oxygens (including phenoxy) is 1. The minimum atomic E-state index is -3.78. The van der Waals surface area contributed by atoms with Crippen LogP contribution in [0.4, 0.5) is 0 Å². The predicted octanol–water partition coefficient (Wildman–Crippen LogP) is 1.03. The van der Waals surface area contributed by atoms with Crippen LogP contribution in [0.2, 0.25) is 0 Å². The number of rotatable bonds is 9. The molecule has 1 saturated heterocycles. The van der Waals surface area contributed by atoms with Gasteiger partial charge < -0.3 is 15.0 Å². The summed E-state index contributed by atoms with van der Waals surface area (Å²) in [6.07, 6.45) is 5.62. The van der Waals surface area contributed by atoms with E-state index in [2.05, 4.69) is 10.0 Å². The van der Waals surface area contributed by atoms with Crippen molar-refractivity contribution in [2.75, 3.05) is 26.2 Å². The predicted molar refractivity (Wildman–Crippen MR) is 108 cm³/mol. The first-order valence-corrected chi connectivity index (χ1v) is 11.7. The molecule has 1 aromatic carbocycles. The minimum absolute atomic E-state index is 0.0304. The van der Waals surface area contributed by atoms with Crippen LogP contribution in [0.15, 0.2) is 35.2 Å². The quantitative estimate of drug-likeness (QED) is 0.617.